The van der Waals surface area contributed by atoms with Gasteiger partial charge < -0.3 is 0 Å². The van der Waals surface area contributed by atoms with E-state index < -0.39 is 0 Å². The molecule has 0 spiro atoms. The summed E-state index contributed by atoms with van der Waals surface area (Å²) in [5.74, 6) is -0.203. The number of fused-ring (bicyclic) bond motifs is 1. The van der Waals surface area contributed by atoms with Crippen LogP contribution in [0.15, 0.2) is 60.7 Å². The van der Waals surface area contributed by atoms with Crippen LogP contribution in [0.2, 0.25) is 0 Å². The highest BCUT2D eigenvalue weighted by Crippen LogP contribution is 2.26. The molecule has 2 aromatic rings. The average molecular weight is 264 g/mol. The third-order valence-corrected chi connectivity index (χ3v) is 3.19. The summed E-state index contributed by atoms with van der Waals surface area (Å²) >= 11 is 0. The van der Waals surface area contributed by atoms with Crippen molar-refractivity contribution in [3.63, 3.8) is 0 Å². The summed E-state index contributed by atoms with van der Waals surface area (Å²) in [5.41, 5.74) is 2.11. The van der Waals surface area contributed by atoms with Crippen LogP contribution < -0.4 is 0 Å². The normalized spacial score (nSPS) is 10.3. The number of carbonyl (C=O) groups is 2. The predicted octanol–water partition coefficient (Wildman–Crippen LogP) is 4.36. The van der Waals surface area contributed by atoms with Gasteiger partial charge >= 0.3 is 0 Å². The average Bonchev–Trinajstić information content (AvgIpc) is 2.44. The third kappa shape index (κ3) is 2.32. The van der Waals surface area contributed by atoms with Crippen LogP contribution in [-0.2, 0) is 0 Å². The highest BCUT2D eigenvalue weighted by molar-refractivity contribution is 6.21. The number of carbonyl (C=O) groups excluding carboxylic acids is 2. The SMILES string of the molecule is C=C(C)C(=O)c1ccc(C(=O)C(=C)C)c2ccccc12. The number of hydrogen-bond donors (Lipinski definition) is 0. The van der Waals surface area contributed by atoms with Gasteiger partial charge in [0.25, 0.3) is 0 Å². The van der Waals surface area contributed by atoms with Crippen LogP contribution >= 0.6 is 0 Å². The van der Waals surface area contributed by atoms with Crippen LogP contribution in [0.4, 0.5) is 0 Å². The van der Waals surface area contributed by atoms with E-state index in [4.69, 9.17) is 0 Å². The molecule has 0 heterocycles. The highest BCUT2D eigenvalue weighted by atomic mass is 16.1. The molecule has 2 aromatic carbocycles. The maximum Gasteiger partial charge on any atom is 0.188 e. The van der Waals surface area contributed by atoms with Gasteiger partial charge in [-0.3, -0.25) is 9.59 Å². The van der Waals surface area contributed by atoms with E-state index in [1.165, 1.54) is 0 Å². The lowest BCUT2D eigenvalue weighted by Crippen LogP contribution is -2.05. The van der Waals surface area contributed by atoms with Crippen molar-refractivity contribution in [1.82, 2.24) is 0 Å². The van der Waals surface area contributed by atoms with Crippen LogP contribution in [0.5, 0.6) is 0 Å². The van der Waals surface area contributed by atoms with Gasteiger partial charge in [-0.05, 0) is 47.9 Å². The lowest BCUT2D eigenvalue weighted by atomic mass is 9.92. The van der Waals surface area contributed by atoms with E-state index in [9.17, 15) is 9.59 Å². The minimum absolute atomic E-state index is 0.101. The van der Waals surface area contributed by atoms with Gasteiger partial charge in [0.1, 0.15) is 0 Å². The zero-order chi connectivity index (χ0) is 14.9. The van der Waals surface area contributed by atoms with Crippen LogP contribution in [0.25, 0.3) is 10.8 Å². The van der Waals surface area contributed by atoms with Crippen molar-refractivity contribution in [2.75, 3.05) is 0 Å². The quantitative estimate of drug-likeness (QED) is 0.607. The van der Waals surface area contributed by atoms with Gasteiger partial charge in [-0.2, -0.15) is 0 Å². The lowest BCUT2D eigenvalue weighted by molar-refractivity contribution is 0.102. The number of hydrogen-bond acceptors (Lipinski definition) is 2. The Morgan fingerprint density at radius 2 is 1.10 bits per heavy atom. The van der Waals surface area contributed by atoms with Crippen molar-refractivity contribution in [3.8, 4) is 0 Å². The van der Waals surface area contributed by atoms with Crippen LogP contribution in [0, 0.1) is 0 Å². The standard InChI is InChI=1S/C18H16O2/c1-11(2)17(19)15-9-10-16(18(20)12(3)4)14-8-6-5-7-13(14)15/h5-10H,1,3H2,2,4H3. The minimum Gasteiger partial charge on any atom is -0.289 e. The predicted molar refractivity (Wildman–Crippen MR) is 82.2 cm³/mol. The Balaban J connectivity index is 2.77. The van der Waals surface area contributed by atoms with E-state index in [0.717, 1.165) is 10.8 Å². The van der Waals surface area contributed by atoms with E-state index in [1.54, 1.807) is 26.0 Å². The molecule has 0 aliphatic carbocycles. The molecule has 0 aliphatic rings. The lowest BCUT2D eigenvalue weighted by Gasteiger charge is -2.10. The van der Waals surface area contributed by atoms with Gasteiger partial charge in [0.05, 0.1) is 0 Å². The van der Waals surface area contributed by atoms with Crippen molar-refractivity contribution in [3.05, 3.63) is 71.8 Å². The molecule has 0 saturated heterocycles. The first-order chi connectivity index (χ1) is 9.43. The number of allylic oxidation sites excluding steroid dienone is 2. The fourth-order valence-electron chi connectivity index (χ4n) is 2.15. The summed E-state index contributed by atoms with van der Waals surface area (Å²) in [4.78, 5) is 24.3. The van der Waals surface area contributed by atoms with Crippen molar-refractivity contribution in [2.24, 2.45) is 0 Å². The summed E-state index contributed by atoms with van der Waals surface area (Å²) in [6, 6.07) is 10.8. The number of ketones is 2. The fraction of sp³-hybridized carbons (Fsp3) is 0.111. The monoisotopic (exact) mass is 264 g/mol. The molecular weight excluding hydrogens is 248 g/mol. The molecule has 2 nitrogen and oxygen atoms in total. The molecule has 0 amide bonds. The Kier molecular flexibility index (Phi) is 3.66. The van der Waals surface area contributed by atoms with Gasteiger partial charge in [-0.1, -0.05) is 37.4 Å². The molecule has 0 aromatic heterocycles. The molecule has 0 atom stereocenters. The fourth-order valence-corrected chi connectivity index (χ4v) is 2.15. The maximum atomic E-state index is 12.2. The van der Waals surface area contributed by atoms with Crippen molar-refractivity contribution < 1.29 is 9.59 Å². The topological polar surface area (TPSA) is 34.1 Å². The van der Waals surface area contributed by atoms with Crippen molar-refractivity contribution >= 4 is 22.3 Å². The smallest absolute Gasteiger partial charge is 0.188 e. The molecule has 100 valence electrons. The number of benzene rings is 2. The van der Waals surface area contributed by atoms with Crippen molar-refractivity contribution in [2.45, 2.75) is 13.8 Å². The molecule has 0 bridgehead atoms. The first-order valence-electron chi connectivity index (χ1n) is 6.35. The Morgan fingerprint density at radius 3 is 1.40 bits per heavy atom. The molecule has 0 N–H and O–H groups in total. The Morgan fingerprint density at radius 1 is 0.750 bits per heavy atom. The van der Waals surface area contributed by atoms with E-state index in [-0.39, 0.29) is 11.6 Å². The second kappa shape index (κ2) is 5.25. The zero-order valence-corrected chi connectivity index (χ0v) is 11.7. The number of rotatable bonds is 4. The Labute approximate surface area is 118 Å². The highest BCUT2D eigenvalue weighted by Gasteiger charge is 2.16. The maximum absolute atomic E-state index is 12.2. The van der Waals surface area contributed by atoms with Crippen molar-refractivity contribution in [1.29, 1.82) is 0 Å². The molecule has 2 heteroatoms. The van der Waals surface area contributed by atoms with Gasteiger partial charge in [-0.25, -0.2) is 0 Å². The molecule has 0 radical (unpaired) electrons. The van der Waals surface area contributed by atoms with Crippen LogP contribution in [-0.4, -0.2) is 11.6 Å². The number of Topliss-reactive ketones (excluding diaryl/α,β-unsaturated/α-hetero) is 2. The zero-order valence-electron chi connectivity index (χ0n) is 11.7. The second-order valence-electron chi connectivity index (χ2n) is 4.93. The minimum atomic E-state index is -0.101. The molecule has 20 heavy (non-hydrogen) atoms. The van der Waals surface area contributed by atoms with Gasteiger partial charge in [0.15, 0.2) is 11.6 Å². The van der Waals surface area contributed by atoms with E-state index in [1.807, 2.05) is 24.3 Å². The molecule has 0 fully saturated rings. The van der Waals surface area contributed by atoms with Crippen LogP contribution in [0.1, 0.15) is 34.6 Å². The Hall–Kier alpha value is -2.48. The molecule has 0 saturated carbocycles. The van der Waals surface area contributed by atoms with E-state index in [2.05, 4.69) is 13.2 Å². The molecule has 0 aliphatic heterocycles. The van der Waals surface area contributed by atoms with Gasteiger partial charge in [0, 0.05) is 11.1 Å². The van der Waals surface area contributed by atoms with Crippen LogP contribution in [0.3, 0.4) is 0 Å². The van der Waals surface area contributed by atoms with E-state index in [0.29, 0.717) is 22.3 Å². The van der Waals surface area contributed by atoms with Gasteiger partial charge in [0.2, 0.25) is 0 Å². The largest absolute Gasteiger partial charge is 0.289 e. The Bertz CT molecular complexity index is 687. The third-order valence-electron chi connectivity index (χ3n) is 3.19. The second-order valence-corrected chi connectivity index (χ2v) is 4.93. The molecule has 0 unspecified atom stereocenters. The molecule has 2 rings (SSSR count). The first kappa shape index (κ1) is 13.9. The first-order valence-corrected chi connectivity index (χ1v) is 6.35. The molecular formula is C18H16O2. The summed E-state index contributed by atoms with van der Waals surface area (Å²) in [6.07, 6.45) is 0. The summed E-state index contributed by atoms with van der Waals surface area (Å²) < 4.78 is 0. The van der Waals surface area contributed by atoms with Gasteiger partial charge in [-0.15, -0.1) is 0 Å². The summed E-state index contributed by atoms with van der Waals surface area (Å²) in [5, 5.41) is 1.54. The summed E-state index contributed by atoms with van der Waals surface area (Å²) in [7, 11) is 0. The van der Waals surface area contributed by atoms with E-state index >= 15 is 0 Å². The summed E-state index contributed by atoms with van der Waals surface area (Å²) in [6.45, 7) is 10.8.